The number of nitrogens with zero attached hydrogens (tertiary/aromatic N) is 5. The van der Waals surface area contributed by atoms with E-state index in [1.807, 2.05) is 48.7 Å². The van der Waals surface area contributed by atoms with Crippen molar-refractivity contribution in [3.05, 3.63) is 52.8 Å². The average molecular weight is 476 g/mol. The van der Waals surface area contributed by atoms with Gasteiger partial charge in [0.15, 0.2) is 15.6 Å². The van der Waals surface area contributed by atoms with Gasteiger partial charge in [0.2, 0.25) is 5.16 Å². The molecule has 32 heavy (non-hydrogen) atoms. The standard InChI is InChI=1S/C21H25N5O4S2/c1-14-10-19(15(2)26(14)17-8-9-32(28,29)13-17)20(27)12-31-21-22-23-24-25(21)11-16-4-6-18(30-3)7-5-16/h4-7,10,17H,8-9,11-13H2,1-3H3/t17-/m0/s1. The van der Waals surface area contributed by atoms with Gasteiger partial charge >= 0.3 is 0 Å². The van der Waals surface area contributed by atoms with Crippen molar-refractivity contribution in [1.29, 1.82) is 0 Å². The molecule has 0 aliphatic carbocycles. The van der Waals surface area contributed by atoms with Gasteiger partial charge in [-0.25, -0.2) is 13.1 Å². The minimum atomic E-state index is -3.00. The van der Waals surface area contributed by atoms with Crippen molar-refractivity contribution in [2.45, 2.75) is 38.0 Å². The number of methoxy groups -OCH3 is 1. The summed E-state index contributed by atoms with van der Waals surface area (Å²) < 4.78 is 32.6. The van der Waals surface area contributed by atoms with Gasteiger partial charge in [0.25, 0.3) is 0 Å². The van der Waals surface area contributed by atoms with E-state index < -0.39 is 9.84 Å². The monoisotopic (exact) mass is 475 g/mol. The Kier molecular flexibility index (Phi) is 6.38. The fourth-order valence-corrected chi connectivity index (χ4v) is 6.57. The number of carbonyl (C=O) groups excluding carboxylic acids is 1. The van der Waals surface area contributed by atoms with Crippen LogP contribution in [0.5, 0.6) is 5.75 Å². The van der Waals surface area contributed by atoms with Gasteiger partial charge in [-0.3, -0.25) is 4.79 Å². The van der Waals surface area contributed by atoms with E-state index >= 15 is 0 Å². The normalized spacial score (nSPS) is 17.5. The van der Waals surface area contributed by atoms with Crippen LogP contribution in [0.15, 0.2) is 35.5 Å². The van der Waals surface area contributed by atoms with Crippen molar-refractivity contribution < 1.29 is 17.9 Å². The predicted octanol–water partition coefficient (Wildman–Crippen LogP) is 2.48. The fraction of sp³-hybridized carbons (Fsp3) is 0.429. The van der Waals surface area contributed by atoms with E-state index in [-0.39, 0.29) is 29.1 Å². The Balaban J connectivity index is 1.44. The molecule has 1 aliphatic heterocycles. The smallest absolute Gasteiger partial charge is 0.210 e. The van der Waals surface area contributed by atoms with Crippen LogP contribution in [-0.2, 0) is 16.4 Å². The molecule has 4 rings (SSSR count). The molecule has 170 valence electrons. The highest BCUT2D eigenvalue weighted by molar-refractivity contribution is 7.99. The number of Topliss-reactive ketones (excluding diaryl/α,β-unsaturated/α-hetero) is 1. The number of tetrazole rings is 1. The van der Waals surface area contributed by atoms with Crippen LogP contribution < -0.4 is 4.74 Å². The highest BCUT2D eigenvalue weighted by Crippen LogP contribution is 2.30. The summed E-state index contributed by atoms with van der Waals surface area (Å²) in [5.74, 6) is 1.26. The molecule has 1 aliphatic rings. The zero-order valence-corrected chi connectivity index (χ0v) is 19.8. The maximum atomic E-state index is 13.0. The van der Waals surface area contributed by atoms with E-state index in [1.165, 1.54) is 11.8 Å². The molecule has 0 unspecified atom stereocenters. The molecule has 3 aromatic rings. The van der Waals surface area contributed by atoms with Gasteiger partial charge < -0.3 is 9.30 Å². The zero-order valence-electron chi connectivity index (χ0n) is 18.2. The van der Waals surface area contributed by atoms with Crippen molar-refractivity contribution in [1.82, 2.24) is 24.8 Å². The Morgan fingerprint density at radius 3 is 2.66 bits per heavy atom. The lowest BCUT2D eigenvalue weighted by molar-refractivity contribution is 0.102. The molecule has 9 nitrogen and oxygen atoms in total. The first-order valence-electron chi connectivity index (χ1n) is 10.2. The summed E-state index contributed by atoms with van der Waals surface area (Å²) in [6, 6.07) is 9.38. The first kappa shape index (κ1) is 22.5. The number of hydrogen-bond donors (Lipinski definition) is 0. The third-order valence-electron chi connectivity index (χ3n) is 5.68. The number of aromatic nitrogens is 5. The molecule has 1 atom stereocenters. The third kappa shape index (κ3) is 4.73. The minimum absolute atomic E-state index is 0.0331. The van der Waals surface area contributed by atoms with Gasteiger partial charge in [0.05, 0.1) is 30.9 Å². The van der Waals surface area contributed by atoms with Crippen LogP contribution in [0, 0.1) is 13.8 Å². The number of hydrogen-bond acceptors (Lipinski definition) is 8. The Hall–Kier alpha value is -2.66. The maximum absolute atomic E-state index is 13.0. The van der Waals surface area contributed by atoms with Crippen LogP contribution in [-0.4, -0.2) is 63.3 Å². The summed E-state index contributed by atoms with van der Waals surface area (Å²) in [7, 11) is -1.38. The van der Waals surface area contributed by atoms with E-state index in [4.69, 9.17) is 4.74 Å². The molecule has 0 saturated carbocycles. The number of sulfone groups is 1. The van der Waals surface area contributed by atoms with Gasteiger partial charge in [-0.2, -0.15) is 0 Å². The molecule has 0 bridgehead atoms. The first-order valence-corrected chi connectivity index (χ1v) is 13.0. The SMILES string of the molecule is COc1ccc(Cn2nnnc2SCC(=O)c2cc(C)n([C@H]3CCS(=O)(=O)C3)c2C)cc1. The Bertz CT molecular complexity index is 1230. The van der Waals surface area contributed by atoms with Gasteiger partial charge in [-0.05, 0) is 54.5 Å². The first-order chi connectivity index (χ1) is 15.3. The van der Waals surface area contributed by atoms with Gasteiger partial charge in [-0.1, -0.05) is 23.9 Å². The Labute approximate surface area is 191 Å². The Morgan fingerprint density at radius 2 is 2.00 bits per heavy atom. The summed E-state index contributed by atoms with van der Waals surface area (Å²) >= 11 is 1.29. The van der Waals surface area contributed by atoms with Crippen LogP contribution in [0.1, 0.15) is 39.8 Å². The highest BCUT2D eigenvalue weighted by atomic mass is 32.2. The topological polar surface area (TPSA) is 109 Å². The second-order valence-electron chi connectivity index (χ2n) is 7.89. The number of benzene rings is 1. The molecule has 2 aromatic heterocycles. The number of aryl methyl sites for hydroxylation is 1. The van der Waals surface area contributed by atoms with Crippen LogP contribution in [0.4, 0.5) is 0 Å². The minimum Gasteiger partial charge on any atom is -0.497 e. The number of ether oxygens (including phenoxy) is 1. The fourth-order valence-electron chi connectivity index (χ4n) is 4.11. The summed E-state index contributed by atoms with van der Waals surface area (Å²) in [6.07, 6.45) is 0.585. The van der Waals surface area contributed by atoms with Crippen molar-refractivity contribution in [2.24, 2.45) is 0 Å². The summed E-state index contributed by atoms with van der Waals surface area (Å²) in [6.45, 7) is 4.28. The van der Waals surface area contributed by atoms with E-state index in [1.54, 1.807) is 11.8 Å². The molecule has 0 N–H and O–H groups in total. The van der Waals surface area contributed by atoms with Crippen molar-refractivity contribution in [3.8, 4) is 5.75 Å². The van der Waals surface area contributed by atoms with E-state index in [0.717, 1.165) is 22.7 Å². The zero-order chi connectivity index (χ0) is 22.9. The second kappa shape index (κ2) is 9.07. The third-order valence-corrected chi connectivity index (χ3v) is 8.39. The van der Waals surface area contributed by atoms with Crippen LogP contribution in [0.25, 0.3) is 0 Å². The predicted molar refractivity (Wildman–Crippen MR) is 121 cm³/mol. The van der Waals surface area contributed by atoms with Gasteiger partial charge in [0.1, 0.15) is 5.75 Å². The molecule has 0 radical (unpaired) electrons. The van der Waals surface area contributed by atoms with Gasteiger partial charge in [-0.15, -0.1) is 5.10 Å². The van der Waals surface area contributed by atoms with Gasteiger partial charge in [0, 0.05) is 23.0 Å². The van der Waals surface area contributed by atoms with Crippen LogP contribution >= 0.6 is 11.8 Å². The van der Waals surface area contributed by atoms with Crippen molar-refractivity contribution >= 4 is 27.4 Å². The second-order valence-corrected chi connectivity index (χ2v) is 11.1. The molecule has 0 spiro atoms. The van der Waals surface area contributed by atoms with E-state index in [2.05, 4.69) is 15.5 Å². The average Bonchev–Trinajstić information content (AvgIpc) is 3.44. The number of rotatable bonds is 8. The van der Waals surface area contributed by atoms with Crippen molar-refractivity contribution in [3.63, 3.8) is 0 Å². The highest BCUT2D eigenvalue weighted by Gasteiger charge is 2.31. The van der Waals surface area contributed by atoms with E-state index in [9.17, 15) is 13.2 Å². The lowest BCUT2D eigenvalue weighted by Crippen LogP contribution is -2.14. The number of carbonyl (C=O) groups is 1. The summed E-state index contributed by atoms with van der Waals surface area (Å²) in [4.78, 5) is 13.0. The Morgan fingerprint density at radius 1 is 1.25 bits per heavy atom. The molecular weight excluding hydrogens is 450 g/mol. The van der Waals surface area contributed by atoms with Crippen LogP contribution in [0.3, 0.4) is 0 Å². The molecular formula is C21H25N5O4S2. The molecule has 1 aromatic carbocycles. The molecule has 3 heterocycles. The lowest BCUT2D eigenvalue weighted by Gasteiger charge is -2.16. The molecule has 11 heteroatoms. The lowest BCUT2D eigenvalue weighted by atomic mass is 10.2. The molecule has 1 fully saturated rings. The van der Waals surface area contributed by atoms with E-state index in [0.29, 0.717) is 23.7 Å². The largest absolute Gasteiger partial charge is 0.497 e. The summed E-state index contributed by atoms with van der Waals surface area (Å²) in [5, 5.41) is 12.4. The molecule has 0 amide bonds. The quantitative estimate of drug-likeness (QED) is 0.361. The van der Waals surface area contributed by atoms with Crippen molar-refractivity contribution in [2.75, 3.05) is 24.4 Å². The van der Waals surface area contributed by atoms with Crippen LogP contribution in [0.2, 0.25) is 0 Å². The molecule has 1 saturated heterocycles. The number of ketones is 1. The maximum Gasteiger partial charge on any atom is 0.210 e. The summed E-state index contributed by atoms with van der Waals surface area (Å²) in [5.41, 5.74) is 3.35. The number of thioether (sulfide) groups is 1.